The highest BCUT2D eigenvalue weighted by molar-refractivity contribution is 7.89. The van der Waals surface area contributed by atoms with Gasteiger partial charge in [0.1, 0.15) is 5.75 Å². The molecule has 2 fully saturated rings. The number of sulfonamides is 1. The molecule has 0 radical (unpaired) electrons. The number of hydrogen-bond acceptors (Lipinski definition) is 6. The summed E-state index contributed by atoms with van der Waals surface area (Å²) < 4.78 is 37.4. The monoisotopic (exact) mass is 452 g/mol. The summed E-state index contributed by atoms with van der Waals surface area (Å²) in [6.07, 6.45) is 3.78. The second kappa shape index (κ2) is 9.99. The van der Waals surface area contributed by atoms with Gasteiger partial charge in [-0.15, -0.1) is 0 Å². The number of methoxy groups -OCH3 is 1. The third kappa shape index (κ3) is 5.38. The van der Waals surface area contributed by atoms with Gasteiger partial charge in [0.05, 0.1) is 17.9 Å². The molecule has 2 unspecified atom stereocenters. The number of ether oxygens (including phenoxy) is 2. The molecule has 2 atom stereocenters. The van der Waals surface area contributed by atoms with Crippen LogP contribution < -0.4 is 4.74 Å². The van der Waals surface area contributed by atoms with Gasteiger partial charge < -0.3 is 14.4 Å². The number of rotatable bonds is 6. The summed E-state index contributed by atoms with van der Waals surface area (Å²) in [5.41, 5.74) is 0. The van der Waals surface area contributed by atoms with Crippen molar-refractivity contribution in [2.75, 3.05) is 26.8 Å². The number of nitrogens with zero attached hydrogens (tertiary/aromatic N) is 2. The Kier molecular flexibility index (Phi) is 7.59. The van der Waals surface area contributed by atoms with Crippen molar-refractivity contribution in [3.05, 3.63) is 24.3 Å². The van der Waals surface area contributed by atoms with Gasteiger partial charge in [0, 0.05) is 25.2 Å². The lowest BCUT2D eigenvalue weighted by Crippen LogP contribution is -2.49. The van der Waals surface area contributed by atoms with Crippen LogP contribution >= 0.6 is 0 Å². The molecule has 8 nitrogen and oxygen atoms in total. The van der Waals surface area contributed by atoms with E-state index in [9.17, 15) is 18.0 Å². The molecule has 172 valence electrons. The van der Waals surface area contributed by atoms with Gasteiger partial charge in [-0.3, -0.25) is 9.59 Å². The van der Waals surface area contributed by atoms with Gasteiger partial charge in [-0.05, 0) is 70.2 Å². The van der Waals surface area contributed by atoms with Crippen molar-refractivity contribution in [3.8, 4) is 5.75 Å². The first kappa shape index (κ1) is 23.5. The van der Waals surface area contributed by atoms with Crippen molar-refractivity contribution in [1.82, 2.24) is 9.21 Å². The summed E-state index contributed by atoms with van der Waals surface area (Å²) in [5.74, 6) is -0.394. The fourth-order valence-corrected chi connectivity index (χ4v) is 5.94. The SMILES string of the molecule is COc1ccc(S(=O)(=O)N2CCC(C(=O)OCC(=O)N3C(C)CCCC3C)CC2)cc1. The van der Waals surface area contributed by atoms with Crippen molar-refractivity contribution in [2.45, 2.75) is 62.9 Å². The van der Waals surface area contributed by atoms with E-state index in [0.29, 0.717) is 18.6 Å². The fraction of sp³-hybridized carbons (Fsp3) is 0.636. The number of likely N-dealkylation sites (tertiary alicyclic amines) is 1. The van der Waals surface area contributed by atoms with Crippen molar-refractivity contribution in [3.63, 3.8) is 0 Å². The zero-order valence-electron chi connectivity index (χ0n) is 18.5. The molecule has 0 saturated carbocycles. The van der Waals surface area contributed by atoms with E-state index in [4.69, 9.17) is 9.47 Å². The van der Waals surface area contributed by atoms with Crippen LogP contribution in [0.2, 0.25) is 0 Å². The Bertz CT molecular complexity index is 868. The molecule has 3 rings (SSSR count). The van der Waals surface area contributed by atoms with E-state index in [-0.39, 0.29) is 42.6 Å². The summed E-state index contributed by atoms with van der Waals surface area (Å²) in [4.78, 5) is 27.0. The van der Waals surface area contributed by atoms with Gasteiger partial charge in [-0.25, -0.2) is 8.42 Å². The van der Waals surface area contributed by atoms with Crippen LogP contribution in [-0.2, 0) is 24.3 Å². The molecule has 1 aromatic rings. The van der Waals surface area contributed by atoms with Crippen LogP contribution in [0.25, 0.3) is 0 Å². The summed E-state index contributed by atoms with van der Waals surface area (Å²) >= 11 is 0. The highest BCUT2D eigenvalue weighted by Crippen LogP contribution is 2.26. The highest BCUT2D eigenvalue weighted by atomic mass is 32.2. The van der Waals surface area contributed by atoms with E-state index in [2.05, 4.69) is 0 Å². The van der Waals surface area contributed by atoms with Gasteiger partial charge in [-0.2, -0.15) is 4.31 Å². The van der Waals surface area contributed by atoms with Crippen molar-refractivity contribution in [1.29, 1.82) is 0 Å². The molecular formula is C22H32N2O6S. The van der Waals surface area contributed by atoms with E-state index in [1.807, 2.05) is 18.7 Å². The van der Waals surface area contributed by atoms with Gasteiger partial charge in [-0.1, -0.05) is 0 Å². The number of piperidine rings is 2. The van der Waals surface area contributed by atoms with Crippen LogP contribution in [0.4, 0.5) is 0 Å². The second-order valence-electron chi connectivity index (χ2n) is 8.39. The Morgan fingerprint density at radius 1 is 1.00 bits per heavy atom. The fourth-order valence-electron chi connectivity index (χ4n) is 4.47. The minimum absolute atomic E-state index is 0.154. The molecule has 2 aliphatic heterocycles. The third-order valence-corrected chi connectivity index (χ3v) is 8.22. The van der Waals surface area contributed by atoms with Gasteiger partial charge in [0.2, 0.25) is 10.0 Å². The Hall–Kier alpha value is -2.13. The summed E-state index contributed by atoms with van der Waals surface area (Å²) in [6, 6.07) is 6.56. The molecule has 0 aromatic heterocycles. The molecule has 0 N–H and O–H groups in total. The molecule has 31 heavy (non-hydrogen) atoms. The number of esters is 1. The number of carbonyl (C=O) groups is 2. The number of hydrogen-bond donors (Lipinski definition) is 0. The van der Waals surface area contributed by atoms with E-state index in [1.165, 1.54) is 23.5 Å². The van der Waals surface area contributed by atoms with Gasteiger partial charge in [0.25, 0.3) is 5.91 Å². The zero-order chi connectivity index (χ0) is 22.6. The van der Waals surface area contributed by atoms with E-state index >= 15 is 0 Å². The maximum Gasteiger partial charge on any atom is 0.309 e. The van der Waals surface area contributed by atoms with Crippen LogP contribution in [0.5, 0.6) is 5.75 Å². The maximum absolute atomic E-state index is 12.8. The number of carbonyl (C=O) groups excluding carboxylic acids is 2. The molecular weight excluding hydrogens is 420 g/mol. The van der Waals surface area contributed by atoms with Crippen LogP contribution in [-0.4, -0.2) is 68.4 Å². The molecule has 0 bridgehead atoms. The Morgan fingerprint density at radius 3 is 2.13 bits per heavy atom. The first-order valence-corrected chi connectivity index (χ1v) is 12.3. The topological polar surface area (TPSA) is 93.2 Å². The molecule has 2 aliphatic rings. The minimum atomic E-state index is -3.62. The van der Waals surface area contributed by atoms with E-state index in [1.54, 1.807) is 12.1 Å². The van der Waals surface area contributed by atoms with Gasteiger partial charge in [0.15, 0.2) is 6.61 Å². The molecule has 1 amide bonds. The normalized spacial score (nSPS) is 23.4. The summed E-state index contributed by atoms with van der Waals surface area (Å²) in [7, 11) is -2.10. The second-order valence-corrected chi connectivity index (χ2v) is 10.3. The Balaban J connectivity index is 1.50. The maximum atomic E-state index is 12.8. The highest BCUT2D eigenvalue weighted by Gasteiger charge is 2.34. The third-order valence-electron chi connectivity index (χ3n) is 6.30. The lowest BCUT2D eigenvalue weighted by Gasteiger charge is -2.39. The molecule has 0 aliphatic carbocycles. The molecule has 1 aromatic carbocycles. The average Bonchev–Trinajstić information content (AvgIpc) is 2.77. The predicted molar refractivity (Wildman–Crippen MR) is 115 cm³/mol. The van der Waals surface area contributed by atoms with Crippen molar-refractivity contribution < 1.29 is 27.5 Å². The molecule has 0 spiro atoms. The van der Waals surface area contributed by atoms with Crippen LogP contribution in [0, 0.1) is 5.92 Å². The predicted octanol–water partition coefficient (Wildman–Crippen LogP) is 2.43. The standard InChI is InChI=1S/C22H32N2O6S/c1-16-5-4-6-17(2)24(16)21(25)15-30-22(26)18-11-13-23(14-12-18)31(27,28)20-9-7-19(29-3)8-10-20/h7-10,16-18H,4-6,11-15H2,1-3H3. The number of amides is 1. The molecule has 2 saturated heterocycles. The van der Waals surface area contributed by atoms with Crippen LogP contribution in [0.1, 0.15) is 46.0 Å². The van der Waals surface area contributed by atoms with Crippen molar-refractivity contribution in [2.24, 2.45) is 5.92 Å². The Morgan fingerprint density at radius 2 is 1.58 bits per heavy atom. The molecule has 2 heterocycles. The average molecular weight is 453 g/mol. The van der Waals surface area contributed by atoms with E-state index in [0.717, 1.165) is 19.3 Å². The lowest BCUT2D eigenvalue weighted by atomic mass is 9.97. The molecule has 9 heteroatoms. The quantitative estimate of drug-likeness (QED) is 0.616. The minimum Gasteiger partial charge on any atom is -0.497 e. The smallest absolute Gasteiger partial charge is 0.309 e. The number of benzene rings is 1. The zero-order valence-corrected chi connectivity index (χ0v) is 19.3. The largest absolute Gasteiger partial charge is 0.497 e. The summed E-state index contributed by atoms with van der Waals surface area (Å²) in [5, 5.41) is 0. The van der Waals surface area contributed by atoms with Crippen LogP contribution in [0.3, 0.4) is 0 Å². The first-order valence-electron chi connectivity index (χ1n) is 10.9. The van der Waals surface area contributed by atoms with Gasteiger partial charge >= 0.3 is 5.97 Å². The Labute approximate surface area is 184 Å². The lowest BCUT2D eigenvalue weighted by molar-refractivity contribution is -0.158. The van der Waals surface area contributed by atoms with Crippen LogP contribution in [0.15, 0.2) is 29.2 Å². The van der Waals surface area contributed by atoms with Crippen molar-refractivity contribution >= 4 is 21.9 Å². The summed E-state index contributed by atoms with van der Waals surface area (Å²) in [6.45, 7) is 4.27. The van der Waals surface area contributed by atoms with E-state index < -0.39 is 21.9 Å². The first-order chi connectivity index (χ1) is 14.7.